The number of halogens is 1. The summed E-state index contributed by atoms with van der Waals surface area (Å²) in [5, 5.41) is 2.66. The zero-order valence-electron chi connectivity index (χ0n) is 20.9. The van der Waals surface area contributed by atoms with E-state index in [-0.39, 0.29) is 5.41 Å². The minimum absolute atomic E-state index is 0.317. The van der Waals surface area contributed by atoms with E-state index in [0.29, 0.717) is 0 Å². The highest BCUT2D eigenvalue weighted by Crippen LogP contribution is 2.63. The van der Waals surface area contributed by atoms with Gasteiger partial charge in [0.1, 0.15) is 0 Å². The molecular weight excluding hydrogens is 556 g/mol. The standard InChI is InChI=1S/C37H21BrS/c38-23-17-19-34-29(21-23)36-24(11-7-15-35(36)39-34)22-16-18-28-27-10-3-6-14-32(27)37(33(28)20-22)30-12-4-1-8-25(30)26-9-2-5-13-31(26)37/h1-21H. The van der Waals surface area contributed by atoms with Gasteiger partial charge in [0.2, 0.25) is 0 Å². The second-order valence-electron chi connectivity index (χ2n) is 10.6. The van der Waals surface area contributed by atoms with E-state index in [9.17, 15) is 0 Å². The molecule has 2 heteroatoms. The van der Waals surface area contributed by atoms with Crippen molar-refractivity contribution in [1.82, 2.24) is 0 Å². The summed E-state index contributed by atoms with van der Waals surface area (Å²) in [6.45, 7) is 0. The fourth-order valence-electron chi connectivity index (χ4n) is 7.30. The van der Waals surface area contributed by atoms with Crippen LogP contribution in [0.25, 0.3) is 53.6 Å². The molecule has 0 N–H and O–H groups in total. The average molecular weight is 578 g/mol. The predicted octanol–water partition coefficient (Wildman–Crippen LogP) is 10.8. The summed E-state index contributed by atoms with van der Waals surface area (Å²) in [6.07, 6.45) is 0. The fraction of sp³-hybridized carbons (Fsp3) is 0.0270. The molecule has 1 aromatic heterocycles. The minimum Gasteiger partial charge on any atom is -0.135 e. The molecule has 0 aliphatic heterocycles. The number of hydrogen-bond acceptors (Lipinski definition) is 1. The van der Waals surface area contributed by atoms with Gasteiger partial charge in [0, 0.05) is 24.6 Å². The third-order valence-corrected chi connectivity index (χ3v) is 10.4. The molecule has 182 valence electrons. The van der Waals surface area contributed by atoms with E-state index in [1.54, 1.807) is 0 Å². The molecular formula is C37H21BrS. The number of fused-ring (bicyclic) bond motifs is 13. The van der Waals surface area contributed by atoms with Gasteiger partial charge in [-0.3, -0.25) is 0 Å². The number of rotatable bonds is 1. The predicted molar refractivity (Wildman–Crippen MR) is 169 cm³/mol. The second kappa shape index (κ2) is 7.79. The molecule has 0 saturated heterocycles. The van der Waals surface area contributed by atoms with E-state index in [2.05, 4.69) is 143 Å². The highest BCUT2D eigenvalue weighted by atomic mass is 79.9. The van der Waals surface area contributed by atoms with E-state index in [0.717, 1.165) is 4.47 Å². The summed E-state index contributed by atoms with van der Waals surface area (Å²) in [7, 11) is 0. The number of benzene rings is 6. The largest absolute Gasteiger partial charge is 0.135 e. The first kappa shape index (κ1) is 21.9. The summed E-state index contributed by atoms with van der Waals surface area (Å²) < 4.78 is 3.77. The molecule has 7 aromatic rings. The molecule has 39 heavy (non-hydrogen) atoms. The van der Waals surface area contributed by atoms with Crippen molar-refractivity contribution in [2.24, 2.45) is 0 Å². The monoisotopic (exact) mass is 576 g/mol. The molecule has 1 spiro atoms. The first-order valence-corrected chi connectivity index (χ1v) is 14.9. The van der Waals surface area contributed by atoms with Gasteiger partial charge in [-0.05, 0) is 86.0 Å². The lowest BCUT2D eigenvalue weighted by molar-refractivity contribution is 0.794. The topological polar surface area (TPSA) is 0 Å². The molecule has 0 atom stereocenters. The Morgan fingerprint density at radius 1 is 0.462 bits per heavy atom. The maximum atomic E-state index is 3.72. The summed E-state index contributed by atoms with van der Waals surface area (Å²) >= 11 is 5.59. The molecule has 1 heterocycles. The van der Waals surface area contributed by atoms with E-state index in [1.807, 2.05) is 11.3 Å². The highest BCUT2D eigenvalue weighted by Gasteiger charge is 2.51. The first-order valence-electron chi connectivity index (χ1n) is 13.3. The van der Waals surface area contributed by atoms with Crippen molar-refractivity contribution in [2.45, 2.75) is 5.41 Å². The Morgan fingerprint density at radius 3 is 1.72 bits per heavy atom. The van der Waals surface area contributed by atoms with Crippen molar-refractivity contribution in [3.63, 3.8) is 0 Å². The van der Waals surface area contributed by atoms with Crippen LogP contribution in [-0.4, -0.2) is 0 Å². The van der Waals surface area contributed by atoms with Gasteiger partial charge in [-0.1, -0.05) is 113 Å². The molecule has 0 nitrogen and oxygen atoms in total. The van der Waals surface area contributed by atoms with Crippen molar-refractivity contribution in [1.29, 1.82) is 0 Å². The molecule has 6 aromatic carbocycles. The highest BCUT2D eigenvalue weighted by molar-refractivity contribution is 9.10. The maximum Gasteiger partial charge on any atom is 0.0725 e. The first-order chi connectivity index (χ1) is 19.2. The lowest BCUT2D eigenvalue weighted by atomic mass is 9.70. The summed E-state index contributed by atoms with van der Waals surface area (Å²) in [4.78, 5) is 0. The van der Waals surface area contributed by atoms with Crippen LogP contribution in [0.3, 0.4) is 0 Å². The normalized spacial score (nSPS) is 14.0. The van der Waals surface area contributed by atoms with Gasteiger partial charge in [0.15, 0.2) is 0 Å². The van der Waals surface area contributed by atoms with E-state index >= 15 is 0 Å². The van der Waals surface area contributed by atoms with Crippen LogP contribution in [0.15, 0.2) is 132 Å². The van der Waals surface area contributed by atoms with Crippen LogP contribution in [0.4, 0.5) is 0 Å². The van der Waals surface area contributed by atoms with Crippen LogP contribution in [0.1, 0.15) is 22.3 Å². The Hall–Kier alpha value is -3.98. The Bertz CT molecular complexity index is 2080. The maximum absolute atomic E-state index is 3.72. The Labute approximate surface area is 239 Å². The van der Waals surface area contributed by atoms with Gasteiger partial charge in [0.25, 0.3) is 0 Å². The lowest BCUT2D eigenvalue weighted by Crippen LogP contribution is -2.25. The van der Waals surface area contributed by atoms with Crippen LogP contribution in [0.2, 0.25) is 0 Å². The molecule has 0 amide bonds. The van der Waals surface area contributed by atoms with Crippen molar-refractivity contribution < 1.29 is 0 Å². The Balaban J connectivity index is 1.40. The molecule has 0 radical (unpaired) electrons. The SMILES string of the molecule is Brc1ccc2sc3cccc(-c4ccc5c(c4)C4(c6ccccc6-c6ccccc64)c4ccccc4-5)c3c2c1. The quantitative estimate of drug-likeness (QED) is 0.182. The van der Waals surface area contributed by atoms with Crippen molar-refractivity contribution in [2.75, 3.05) is 0 Å². The van der Waals surface area contributed by atoms with Crippen LogP contribution in [0.5, 0.6) is 0 Å². The second-order valence-corrected chi connectivity index (χ2v) is 12.6. The molecule has 9 rings (SSSR count). The van der Waals surface area contributed by atoms with Crippen molar-refractivity contribution >= 4 is 47.4 Å². The Kier molecular flexibility index (Phi) is 4.37. The van der Waals surface area contributed by atoms with Crippen molar-refractivity contribution in [3.8, 4) is 33.4 Å². The van der Waals surface area contributed by atoms with Gasteiger partial charge in [-0.15, -0.1) is 11.3 Å². The third-order valence-electron chi connectivity index (χ3n) is 8.77. The van der Waals surface area contributed by atoms with Crippen LogP contribution in [-0.2, 0) is 5.41 Å². The van der Waals surface area contributed by atoms with Gasteiger partial charge < -0.3 is 0 Å². The molecule has 0 fully saturated rings. The molecule has 2 aliphatic carbocycles. The number of thiophene rings is 1. The fourth-order valence-corrected chi connectivity index (χ4v) is 8.78. The van der Waals surface area contributed by atoms with Gasteiger partial charge >= 0.3 is 0 Å². The zero-order chi connectivity index (χ0) is 25.7. The smallest absolute Gasteiger partial charge is 0.0725 e. The van der Waals surface area contributed by atoms with E-state index < -0.39 is 0 Å². The van der Waals surface area contributed by atoms with Gasteiger partial charge in [-0.25, -0.2) is 0 Å². The average Bonchev–Trinajstić information content (AvgIpc) is 3.61. The number of hydrogen-bond donors (Lipinski definition) is 0. The molecule has 0 saturated carbocycles. The van der Waals surface area contributed by atoms with Crippen LogP contribution < -0.4 is 0 Å². The van der Waals surface area contributed by atoms with E-state index in [1.165, 1.54) is 75.8 Å². The van der Waals surface area contributed by atoms with E-state index in [4.69, 9.17) is 0 Å². The summed E-state index contributed by atoms with van der Waals surface area (Å²) in [6, 6.07) is 47.6. The van der Waals surface area contributed by atoms with Crippen LogP contribution >= 0.6 is 27.3 Å². The summed E-state index contributed by atoms with van der Waals surface area (Å²) in [5.41, 5.74) is 13.2. The van der Waals surface area contributed by atoms with Gasteiger partial charge in [-0.2, -0.15) is 0 Å². The lowest BCUT2D eigenvalue weighted by Gasteiger charge is -2.30. The van der Waals surface area contributed by atoms with Crippen LogP contribution in [0, 0.1) is 0 Å². The summed E-state index contributed by atoms with van der Waals surface area (Å²) in [5.74, 6) is 0. The third kappa shape index (κ3) is 2.73. The molecule has 0 unspecified atom stereocenters. The molecule has 2 aliphatic rings. The zero-order valence-corrected chi connectivity index (χ0v) is 23.3. The van der Waals surface area contributed by atoms with Crippen molar-refractivity contribution in [3.05, 3.63) is 154 Å². The Morgan fingerprint density at radius 2 is 1.05 bits per heavy atom. The van der Waals surface area contributed by atoms with Gasteiger partial charge in [0.05, 0.1) is 5.41 Å². The minimum atomic E-state index is -0.317. The molecule has 0 bridgehead atoms.